The van der Waals surface area contributed by atoms with E-state index in [4.69, 9.17) is 0 Å². The van der Waals surface area contributed by atoms with Gasteiger partial charge in [-0.2, -0.15) is 4.57 Å². The molecule has 2 aromatic carbocycles. The summed E-state index contributed by atoms with van der Waals surface area (Å²) in [6.07, 6.45) is 6.33. The largest absolute Gasteiger partial charge is 0.366 e. The number of fused-ring (bicyclic) bond motifs is 3. The molecule has 0 N–H and O–H groups in total. The minimum atomic E-state index is 0.103. The van der Waals surface area contributed by atoms with E-state index in [2.05, 4.69) is 71.9 Å². The van der Waals surface area contributed by atoms with Crippen LogP contribution in [0.4, 0.5) is 0 Å². The summed E-state index contributed by atoms with van der Waals surface area (Å²) in [7, 11) is 0. The summed E-state index contributed by atoms with van der Waals surface area (Å²) in [5.74, 6) is 1.12. The highest BCUT2D eigenvalue weighted by Crippen LogP contribution is 2.30. The Morgan fingerprint density at radius 1 is 1.03 bits per heavy atom. The molecule has 0 unspecified atom stereocenters. The zero-order valence-electron chi connectivity index (χ0n) is 19.2. The molecule has 4 nitrogen and oxygen atoms in total. The highest BCUT2D eigenvalue weighted by atomic mass is 32.2. The third-order valence-corrected chi connectivity index (χ3v) is 9.46. The van der Waals surface area contributed by atoms with E-state index in [1.165, 1.54) is 31.0 Å². The van der Waals surface area contributed by atoms with Crippen LogP contribution < -0.4 is 19.3 Å². The maximum Gasteiger partial charge on any atom is 0.269 e. The predicted molar refractivity (Wildman–Crippen MR) is 145 cm³/mol. The van der Waals surface area contributed by atoms with Crippen molar-refractivity contribution in [1.29, 1.82) is 0 Å². The molecule has 0 aliphatic carbocycles. The van der Waals surface area contributed by atoms with Crippen LogP contribution in [-0.4, -0.2) is 28.3 Å². The molecule has 170 valence electrons. The Hall–Kier alpha value is -2.35. The van der Waals surface area contributed by atoms with E-state index >= 15 is 0 Å². The van der Waals surface area contributed by atoms with Crippen molar-refractivity contribution in [2.45, 2.75) is 33.9 Å². The van der Waals surface area contributed by atoms with Crippen LogP contribution in [0.5, 0.6) is 0 Å². The molecule has 1 fully saturated rings. The van der Waals surface area contributed by atoms with Gasteiger partial charge in [-0.1, -0.05) is 35.6 Å². The molecule has 4 aromatic rings. The van der Waals surface area contributed by atoms with E-state index in [9.17, 15) is 4.79 Å². The summed E-state index contributed by atoms with van der Waals surface area (Å²) in [6.45, 7) is 10.1. The van der Waals surface area contributed by atoms with Crippen LogP contribution in [0.15, 0.2) is 52.3 Å². The van der Waals surface area contributed by atoms with Crippen LogP contribution in [0.25, 0.3) is 33.1 Å². The predicted octanol–water partition coefficient (Wildman–Crippen LogP) is 4.12. The van der Waals surface area contributed by atoms with E-state index in [0.29, 0.717) is 6.54 Å². The van der Waals surface area contributed by atoms with Crippen LogP contribution in [0, 0.1) is 0 Å². The Labute approximate surface area is 205 Å². The second-order valence-corrected chi connectivity index (χ2v) is 11.1. The lowest BCUT2D eigenvalue weighted by Gasteiger charge is -2.14. The fraction of sp³-hybridized carbons (Fsp3) is 0.308. The quantitative estimate of drug-likeness (QED) is 0.391. The van der Waals surface area contributed by atoms with Crippen molar-refractivity contribution in [3.8, 4) is 0 Å². The first-order chi connectivity index (χ1) is 16.1. The molecule has 1 saturated heterocycles. The zero-order valence-corrected chi connectivity index (χ0v) is 21.7. The first-order valence-corrected chi connectivity index (χ1v) is 14.1. The SMILES string of the molecule is CCN1CCSC1=C/C=c1/sc(=Cc2sc3c4ccccc4ccc3[n+]2CC)n(CC)c1=O. The molecule has 0 bridgehead atoms. The standard InChI is InChI=1S/C26H28N3OS3/c1-4-27-15-16-31-22(27)14-13-21-26(30)29(6-3)24(32-21)17-23-28(5-2)20-12-11-18-9-7-8-10-19(18)25(20)33-23/h7-14,17H,4-6,15-16H2,1-3H3/q+1/b21-13+,22-14?. The van der Waals surface area contributed by atoms with E-state index in [1.807, 2.05) is 40.7 Å². The summed E-state index contributed by atoms with van der Waals surface area (Å²) >= 11 is 5.27. The number of aryl methyl sites for hydroxylation is 1. The third-order valence-electron chi connectivity index (χ3n) is 6.12. The summed E-state index contributed by atoms with van der Waals surface area (Å²) in [5, 5.41) is 4.99. The smallest absolute Gasteiger partial charge is 0.269 e. The lowest BCUT2D eigenvalue weighted by molar-refractivity contribution is -0.665. The van der Waals surface area contributed by atoms with Gasteiger partial charge in [-0.3, -0.25) is 9.36 Å². The van der Waals surface area contributed by atoms with Crippen molar-refractivity contribution in [2.24, 2.45) is 0 Å². The second-order valence-electron chi connectivity index (χ2n) is 7.92. The maximum atomic E-state index is 13.1. The molecule has 0 atom stereocenters. The van der Waals surface area contributed by atoms with Gasteiger partial charge in [-0.05, 0) is 44.4 Å². The molecule has 1 aliphatic rings. The van der Waals surface area contributed by atoms with Crippen LogP contribution in [0.1, 0.15) is 25.8 Å². The number of nitrogens with zero attached hydrogens (tertiary/aromatic N) is 3. The minimum Gasteiger partial charge on any atom is -0.366 e. The molecule has 1 aliphatic heterocycles. The minimum absolute atomic E-state index is 0.103. The van der Waals surface area contributed by atoms with E-state index in [-0.39, 0.29) is 5.56 Å². The summed E-state index contributed by atoms with van der Waals surface area (Å²) in [6, 6.07) is 13.0. The summed E-state index contributed by atoms with van der Waals surface area (Å²) in [5.41, 5.74) is 1.36. The Morgan fingerprint density at radius 2 is 1.88 bits per heavy atom. The number of thiazole rings is 2. The van der Waals surface area contributed by atoms with Gasteiger partial charge in [-0.25, -0.2) is 0 Å². The molecule has 0 amide bonds. The van der Waals surface area contributed by atoms with Crippen molar-refractivity contribution in [3.63, 3.8) is 0 Å². The Kier molecular flexibility index (Phi) is 6.45. The number of aromatic nitrogens is 2. The monoisotopic (exact) mass is 494 g/mol. The fourth-order valence-electron chi connectivity index (χ4n) is 4.40. The Bertz CT molecular complexity index is 1540. The van der Waals surface area contributed by atoms with Crippen molar-refractivity contribution < 1.29 is 4.57 Å². The number of hydrogen-bond donors (Lipinski definition) is 0. The number of rotatable bonds is 5. The van der Waals surface area contributed by atoms with Crippen LogP contribution in [0.2, 0.25) is 0 Å². The van der Waals surface area contributed by atoms with E-state index < -0.39 is 0 Å². The normalized spacial score (nSPS) is 16.8. The number of hydrogen-bond acceptors (Lipinski definition) is 5. The second kappa shape index (κ2) is 9.49. The average molecular weight is 495 g/mol. The zero-order chi connectivity index (χ0) is 22.9. The highest BCUT2D eigenvalue weighted by molar-refractivity contribution is 8.03. The fourth-order valence-corrected chi connectivity index (χ4v) is 7.91. The summed E-state index contributed by atoms with van der Waals surface area (Å²) in [4.78, 5) is 15.5. The lowest BCUT2D eigenvalue weighted by Crippen LogP contribution is -2.35. The van der Waals surface area contributed by atoms with Gasteiger partial charge in [0.2, 0.25) is 5.52 Å². The topological polar surface area (TPSA) is 29.1 Å². The van der Waals surface area contributed by atoms with Gasteiger partial charge in [-0.15, -0.1) is 23.1 Å². The molecule has 7 heteroatoms. The van der Waals surface area contributed by atoms with Gasteiger partial charge >= 0.3 is 0 Å². The van der Waals surface area contributed by atoms with Crippen molar-refractivity contribution >= 4 is 67.6 Å². The first kappa shape index (κ1) is 22.4. The van der Waals surface area contributed by atoms with Gasteiger partial charge in [0.1, 0.15) is 15.9 Å². The first-order valence-electron chi connectivity index (χ1n) is 11.5. The molecule has 33 heavy (non-hydrogen) atoms. The van der Waals surface area contributed by atoms with Gasteiger partial charge in [0, 0.05) is 36.8 Å². The van der Waals surface area contributed by atoms with E-state index in [0.717, 1.165) is 34.6 Å². The number of benzene rings is 2. The number of allylic oxidation sites excluding steroid dienone is 1. The number of thioether (sulfide) groups is 1. The summed E-state index contributed by atoms with van der Waals surface area (Å²) < 4.78 is 7.37. The van der Waals surface area contributed by atoms with Crippen LogP contribution in [-0.2, 0) is 13.1 Å². The van der Waals surface area contributed by atoms with Gasteiger partial charge in [0.25, 0.3) is 10.6 Å². The molecule has 0 spiro atoms. The van der Waals surface area contributed by atoms with Crippen molar-refractivity contribution in [2.75, 3.05) is 18.8 Å². The molecule has 5 rings (SSSR count). The lowest BCUT2D eigenvalue weighted by atomic mass is 10.1. The molecule has 2 aromatic heterocycles. The molecule has 0 radical (unpaired) electrons. The molecular formula is C26H28N3OS3+. The van der Waals surface area contributed by atoms with Gasteiger partial charge in [0.15, 0.2) is 0 Å². The maximum absolute atomic E-state index is 13.1. The van der Waals surface area contributed by atoms with Crippen LogP contribution in [0.3, 0.4) is 0 Å². The van der Waals surface area contributed by atoms with Gasteiger partial charge < -0.3 is 4.90 Å². The van der Waals surface area contributed by atoms with Crippen molar-refractivity contribution in [3.05, 3.63) is 72.1 Å². The highest BCUT2D eigenvalue weighted by Gasteiger charge is 2.20. The van der Waals surface area contributed by atoms with Gasteiger partial charge in [0.05, 0.1) is 15.6 Å². The molecule has 0 saturated carbocycles. The molecular weight excluding hydrogens is 467 g/mol. The third kappa shape index (κ3) is 4.07. The van der Waals surface area contributed by atoms with E-state index in [1.54, 1.807) is 11.3 Å². The van der Waals surface area contributed by atoms with Crippen molar-refractivity contribution in [1.82, 2.24) is 9.47 Å². The average Bonchev–Trinajstić information content (AvgIpc) is 3.52. The van der Waals surface area contributed by atoms with Crippen LogP contribution >= 0.6 is 34.4 Å². The Balaban J connectivity index is 1.68. The molecule has 3 heterocycles. The Morgan fingerprint density at radius 3 is 2.67 bits per heavy atom.